The largest absolute Gasteiger partial charge is 0.450 e. The second-order valence-electron chi connectivity index (χ2n) is 7.70. The van der Waals surface area contributed by atoms with Gasteiger partial charge in [0.05, 0.1) is 5.56 Å². The van der Waals surface area contributed by atoms with Gasteiger partial charge >= 0.3 is 5.97 Å². The van der Waals surface area contributed by atoms with E-state index in [1.165, 1.54) is 20.2 Å². The Labute approximate surface area is 182 Å². The Hall–Kier alpha value is -2.95. The molecule has 0 atom stereocenters. The van der Waals surface area contributed by atoms with Crippen molar-refractivity contribution in [3.63, 3.8) is 0 Å². The van der Waals surface area contributed by atoms with Crippen molar-refractivity contribution in [2.75, 3.05) is 0 Å². The van der Waals surface area contributed by atoms with Gasteiger partial charge in [0.25, 0.3) is 0 Å². The van der Waals surface area contributed by atoms with Crippen LogP contribution in [0.15, 0.2) is 90.3 Å². The van der Waals surface area contributed by atoms with Crippen molar-refractivity contribution in [3.8, 4) is 4.90 Å². The number of hydrogen-bond acceptors (Lipinski definition) is 3. The molecule has 5 rings (SSSR count). The third-order valence-electron chi connectivity index (χ3n) is 5.27. The number of hydrogen-bond donors (Lipinski definition) is 0. The van der Waals surface area contributed by atoms with E-state index in [0.29, 0.717) is 5.56 Å². The van der Waals surface area contributed by atoms with Gasteiger partial charge < -0.3 is 4.74 Å². The zero-order chi connectivity index (χ0) is 20.7. The first-order valence-corrected chi connectivity index (χ1v) is 12.0. The molecule has 3 aromatic carbocycles. The highest BCUT2D eigenvalue weighted by molar-refractivity contribution is 7.50. The van der Waals surface area contributed by atoms with E-state index in [4.69, 9.17) is 4.74 Å². The summed E-state index contributed by atoms with van der Waals surface area (Å²) in [5, 5.41) is 4.56. The van der Waals surface area contributed by atoms with E-state index in [1.807, 2.05) is 49.6 Å². The maximum atomic E-state index is 13.0. The van der Waals surface area contributed by atoms with E-state index in [2.05, 4.69) is 54.6 Å². The lowest BCUT2D eigenvalue weighted by Gasteiger charge is -2.23. The number of thiophene rings is 2. The Morgan fingerprint density at radius 2 is 1.50 bits per heavy atom. The van der Waals surface area contributed by atoms with E-state index in [-0.39, 0.29) is 16.4 Å². The molecule has 5 aromatic rings. The Bertz CT molecular complexity index is 1310. The normalized spacial score (nSPS) is 11.8. The molecular weight excluding hydrogens is 408 g/mol. The number of benzene rings is 3. The molecule has 0 saturated carbocycles. The molecule has 0 fully saturated rings. The number of fused-ring (bicyclic) bond motifs is 3. The molecule has 0 spiro atoms. The fourth-order valence-electron chi connectivity index (χ4n) is 3.82. The molecule has 0 bridgehead atoms. The molecular formula is C26H21O2S2+. The Morgan fingerprint density at radius 1 is 0.833 bits per heavy atom. The minimum atomic E-state index is -0.657. The molecule has 2 aromatic heterocycles. The fourth-order valence-corrected chi connectivity index (χ4v) is 7.03. The van der Waals surface area contributed by atoms with Crippen molar-refractivity contribution < 1.29 is 9.53 Å². The van der Waals surface area contributed by atoms with Crippen molar-refractivity contribution >= 4 is 47.9 Å². The summed E-state index contributed by atoms with van der Waals surface area (Å²) in [6.45, 7) is 3.87. The molecule has 0 amide bonds. The molecule has 30 heavy (non-hydrogen) atoms. The first-order chi connectivity index (χ1) is 14.5. The summed E-state index contributed by atoms with van der Waals surface area (Å²) in [5.74, 6) is -0.292. The smallest absolute Gasteiger partial charge is 0.339 e. The monoisotopic (exact) mass is 429 g/mol. The van der Waals surface area contributed by atoms with Gasteiger partial charge in [-0.15, -0.1) is 11.3 Å². The van der Waals surface area contributed by atoms with E-state index in [0.717, 1.165) is 9.77 Å². The van der Waals surface area contributed by atoms with Gasteiger partial charge in [0.2, 0.25) is 0 Å². The lowest BCUT2D eigenvalue weighted by Crippen LogP contribution is -2.24. The van der Waals surface area contributed by atoms with Crippen LogP contribution in [-0.4, -0.2) is 5.97 Å². The Kier molecular flexibility index (Phi) is 4.69. The van der Waals surface area contributed by atoms with Crippen LogP contribution in [0.1, 0.15) is 29.1 Å². The number of carbonyl (C=O) groups is 1. The molecule has 0 aliphatic rings. The predicted octanol–water partition coefficient (Wildman–Crippen LogP) is 7.88. The van der Waals surface area contributed by atoms with Crippen molar-refractivity contribution in [3.05, 3.63) is 101 Å². The van der Waals surface area contributed by atoms with Gasteiger partial charge in [-0.3, -0.25) is 0 Å². The Balaban J connectivity index is 1.58. The topological polar surface area (TPSA) is 26.3 Å². The number of ether oxygens (including phenoxy) is 1. The summed E-state index contributed by atoms with van der Waals surface area (Å²) in [5.41, 5.74) is -0.0673. The van der Waals surface area contributed by atoms with Crippen molar-refractivity contribution in [2.24, 2.45) is 0 Å². The average molecular weight is 430 g/mol. The van der Waals surface area contributed by atoms with Crippen molar-refractivity contribution in [2.45, 2.75) is 19.4 Å². The molecule has 0 radical (unpaired) electrons. The molecule has 2 nitrogen and oxygen atoms in total. The molecule has 0 unspecified atom stereocenters. The molecule has 0 aliphatic carbocycles. The summed E-state index contributed by atoms with van der Waals surface area (Å²) in [4.78, 5) is 15.2. The maximum Gasteiger partial charge on any atom is 0.339 e. The quantitative estimate of drug-likeness (QED) is 0.214. The van der Waals surface area contributed by atoms with Gasteiger partial charge in [0.1, 0.15) is 5.60 Å². The van der Waals surface area contributed by atoms with Gasteiger partial charge in [0, 0.05) is 32.2 Å². The summed E-state index contributed by atoms with van der Waals surface area (Å²) in [6.07, 6.45) is 0. The highest BCUT2D eigenvalue weighted by Crippen LogP contribution is 2.48. The SMILES string of the molecule is CC(C)(OC(=O)c1cccc(-[s+]2c3ccccc3c3ccccc32)c1)c1cccs1. The minimum absolute atomic E-state index is 0.226. The molecule has 0 N–H and O–H groups in total. The van der Waals surface area contributed by atoms with Crippen LogP contribution in [0.25, 0.3) is 25.1 Å². The van der Waals surface area contributed by atoms with Crippen molar-refractivity contribution in [1.82, 2.24) is 0 Å². The lowest BCUT2D eigenvalue weighted by molar-refractivity contribution is -0.00155. The van der Waals surface area contributed by atoms with Crippen molar-refractivity contribution in [1.29, 1.82) is 0 Å². The summed E-state index contributed by atoms with van der Waals surface area (Å²) < 4.78 is 8.52. The number of esters is 1. The van der Waals surface area contributed by atoms with Crippen LogP contribution < -0.4 is 0 Å². The van der Waals surface area contributed by atoms with Crippen LogP contribution in [0.5, 0.6) is 0 Å². The van der Waals surface area contributed by atoms with Crippen LogP contribution in [0.2, 0.25) is 0 Å². The number of carbonyl (C=O) groups excluding carboxylic acids is 1. The highest BCUT2D eigenvalue weighted by atomic mass is 32.2. The van der Waals surface area contributed by atoms with Crippen LogP contribution in [0, 0.1) is 0 Å². The first-order valence-electron chi connectivity index (χ1n) is 9.85. The van der Waals surface area contributed by atoms with E-state index in [9.17, 15) is 4.79 Å². The van der Waals surface area contributed by atoms with Crippen LogP contribution >= 0.6 is 21.8 Å². The summed E-state index contributed by atoms with van der Waals surface area (Å²) in [7, 11) is -0.226. The molecule has 148 valence electrons. The van der Waals surface area contributed by atoms with Gasteiger partial charge in [-0.2, -0.15) is 0 Å². The highest BCUT2D eigenvalue weighted by Gasteiger charge is 2.28. The fraction of sp³-hybridized carbons (Fsp3) is 0.115. The zero-order valence-corrected chi connectivity index (χ0v) is 18.4. The van der Waals surface area contributed by atoms with E-state index < -0.39 is 5.60 Å². The molecule has 4 heteroatoms. The number of rotatable bonds is 4. The van der Waals surface area contributed by atoms with E-state index >= 15 is 0 Å². The minimum Gasteiger partial charge on any atom is -0.450 e. The average Bonchev–Trinajstić information content (AvgIpc) is 3.41. The molecule has 2 heterocycles. The van der Waals surface area contributed by atoms with Crippen LogP contribution in [0.4, 0.5) is 0 Å². The molecule has 0 saturated heterocycles. The maximum absolute atomic E-state index is 13.0. The molecule has 0 aliphatic heterocycles. The lowest BCUT2D eigenvalue weighted by atomic mass is 10.1. The van der Waals surface area contributed by atoms with Crippen LogP contribution in [-0.2, 0) is 10.3 Å². The van der Waals surface area contributed by atoms with Gasteiger partial charge in [-0.1, -0.05) is 36.4 Å². The third-order valence-corrected chi connectivity index (χ3v) is 8.76. The third kappa shape index (κ3) is 3.22. The second-order valence-corrected chi connectivity index (χ2v) is 10.6. The summed E-state index contributed by atoms with van der Waals surface area (Å²) >= 11 is 1.60. The standard InChI is InChI=1S/C26H21O2S2/c1-26(2,24-15-8-16-29-24)28-25(27)18-9-7-10-19(17-18)30-22-13-5-3-11-20(22)21-12-4-6-14-23(21)30/h3-17H,1-2H3/q+1. The predicted molar refractivity (Wildman–Crippen MR) is 128 cm³/mol. The zero-order valence-electron chi connectivity index (χ0n) is 16.8. The van der Waals surface area contributed by atoms with Gasteiger partial charge in [0.15, 0.2) is 14.3 Å². The Morgan fingerprint density at radius 3 is 2.13 bits per heavy atom. The first kappa shape index (κ1) is 19.0. The van der Waals surface area contributed by atoms with Gasteiger partial charge in [-0.25, -0.2) is 4.79 Å². The van der Waals surface area contributed by atoms with Gasteiger partial charge in [-0.05, 0) is 61.7 Å². The van der Waals surface area contributed by atoms with E-state index in [1.54, 1.807) is 11.3 Å². The second kappa shape index (κ2) is 7.38. The summed E-state index contributed by atoms with van der Waals surface area (Å²) in [6, 6.07) is 29.0. The van der Waals surface area contributed by atoms with Crippen LogP contribution in [0.3, 0.4) is 0 Å².